The van der Waals surface area contributed by atoms with Gasteiger partial charge in [-0.2, -0.15) is 0 Å². The average Bonchev–Trinajstić information content (AvgIpc) is 3.08. The molecule has 132 valence electrons. The van der Waals surface area contributed by atoms with Crippen molar-refractivity contribution in [3.8, 4) is 11.5 Å². The van der Waals surface area contributed by atoms with Crippen LogP contribution in [-0.2, 0) is 4.79 Å². The fourth-order valence-corrected chi connectivity index (χ4v) is 3.03. The van der Waals surface area contributed by atoms with E-state index >= 15 is 0 Å². The molecular formula is C20H29NO3. The molecule has 1 aliphatic carbocycles. The molecule has 0 heterocycles. The van der Waals surface area contributed by atoms with E-state index in [0.717, 1.165) is 41.9 Å². The maximum Gasteiger partial charge on any atom is 0.247 e. The van der Waals surface area contributed by atoms with E-state index in [1.165, 1.54) is 12.8 Å². The summed E-state index contributed by atoms with van der Waals surface area (Å²) in [6.45, 7) is 5.84. The number of rotatable bonds is 7. The summed E-state index contributed by atoms with van der Waals surface area (Å²) in [6, 6.07) is 5.81. The highest BCUT2D eigenvalue weighted by Gasteiger charge is 2.19. The van der Waals surface area contributed by atoms with Gasteiger partial charge in [0.05, 0.1) is 19.3 Å². The van der Waals surface area contributed by atoms with Crippen molar-refractivity contribution >= 4 is 5.91 Å². The van der Waals surface area contributed by atoms with Crippen LogP contribution in [0.15, 0.2) is 29.8 Å². The zero-order chi connectivity index (χ0) is 17.5. The number of amides is 1. The second kappa shape index (κ2) is 8.76. The lowest BCUT2D eigenvalue weighted by atomic mass is 10.1. The van der Waals surface area contributed by atoms with E-state index in [1.807, 2.05) is 45.0 Å². The minimum absolute atomic E-state index is 0.0328. The molecule has 0 aliphatic heterocycles. The molecule has 4 nitrogen and oxygen atoms in total. The van der Waals surface area contributed by atoms with Gasteiger partial charge in [-0.05, 0) is 63.6 Å². The van der Waals surface area contributed by atoms with E-state index in [1.54, 1.807) is 7.11 Å². The molecule has 4 heteroatoms. The summed E-state index contributed by atoms with van der Waals surface area (Å²) in [7, 11) is 1.65. The Labute approximate surface area is 145 Å². The standard InChI is InChI=1S/C20H29NO3/c1-5-8-14(2)20(22)21-15(3)16-11-12-18(19(13-16)23-4)24-17-9-6-7-10-17/h8,11-13,15,17H,5-7,9-10H2,1-4H3,(H,21,22)/b14-8+/t15-/m0/s1. The van der Waals surface area contributed by atoms with E-state index in [9.17, 15) is 4.79 Å². The SMILES string of the molecule is CC/C=C(\C)C(=O)N[C@@H](C)c1ccc(OC2CCCC2)c(OC)c1. The van der Waals surface area contributed by atoms with Gasteiger partial charge >= 0.3 is 0 Å². The molecule has 1 aromatic rings. The number of benzene rings is 1. The van der Waals surface area contributed by atoms with Gasteiger partial charge in [-0.3, -0.25) is 4.79 Å². The van der Waals surface area contributed by atoms with Crippen LogP contribution in [-0.4, -0.2) is 19.1 Å². The van der Waals surface area contributed by atoms with E-state index < -0.39 is 0 Å². The van der Waals surface area contributed by atoms with Crippen LogP contribution < -0.4 is 14.8 Å². The summed E-state index contributed by atoms with van der Waals surface area (Å²) >= 11 is 0. The number of hydrogen-bond donors (Lipinski definition) is 1. The Kier molecular flexibility index (Phi) is 6.71. The zero-order valence-electron chi connectivity index (χ0n) is 15.2. The van der Waals surface area contributed by atoms with E-state index in [-0.39, 0.29) is 11.9 Å². The predicted octanol–water partition coefficient (Wildman–Crippen LogP) is 4.55. The van der Waals surface area contributed by atoms with Crippen LogP contribution in [0, 0.1) is 0 Å². The first kappa shape index (κ1) is 18.4. The first-order valence-electron chi connectivity index (χ1n) is 8.87. The minimum Gasteiger partial charge on any atom is -0.493 e. The molecule has 1 aromatic carbocycles. The monoisotopic (exact) mass is 331 g/mol. The van der Waals surface area contributed by atoms with E-state index in [0.29, 0.717) is 6.10 Å². The van der Waals surface area contributed by atoms with Gasteiger partial charge in [-0.15, -0.1) is 0 Å². The number of carbonyl (C=O) groups is 1. The molecule has 1 saturated carbocycles. The molecule has 2 rings (SSSR count). The Hall–Kier alpha value is -1.97. The quantitative estimate of drug-likeness (QED) is 0.746. The van der Waals surface area contributed by atoms with Gasteiger partial charge in [-0.1, -0.05) is 19.1 Å². The molecule has 0 spiro atoms. The van der Waals surface area contributed by atoms with Crippen molar-refractivity contribution in [2.24, 2.45) is 0 Å². The fourth-order valence-electron chi connectivity index (χ4n) is 3.03. The Morgan fingerprint density at radius 2 is 2.04 bits per heavy atom. The Morgan fingerprint density at radius 3 is 2.67 bits per heavy atom. The number of ether oxygens (including phenoxy) is 2. The Balaban J connectivity index is 2.07. The van der Waals surface area contributed by atoms with Crippen LogP contribution in [0.1, 0.15) is 64.5 Å². The van der Waals surface area contributed by atoms with Gasteiger partial charge in [-0.25, -0.2) is 0 Å². The molecule has 0 aromatic heterocycles. The lowest BCUT2D eigenvalue weighted by Gasteiger charge is -2.19. The molecule has 1 atom stereocenters. The largest absolute Gasteiger partial charge is 0.493 e. The maximum atomic E-state index is 12.1. The van der Waals surface area contributed by atoms with Gasteiger partial charge in [0.25, 0.3) is 0 Å². The molecule has 24 heavy (non-hydrogen) atoms. The van der Waals surface area contributed by atoms with Crippen molar-refractivity contribution in [3.05, 3.63) is 35.4 Å². The van der Waals surface area contributed by atoms with Crippen LogP contribution >= 0.6 is 0 Å². The van der Waals surface area contributed by atoms with Crippen LogP contribution in [0.3, 0.4) is 0 Å². The molecule has 1 N–H and O–H groups in total. The summed E-state index contributed by atoms with van der Waals surface area (Å²) in [6.07, 6.45) is 7.78. The number of hydrogen-bond acceptors (Lipinski definition) is 3. The summed E-state index contributed by atoms with van der Waals surface area (Å²) in [5, 5.41) is 3.02. The molecular weight excluding hydrogens is 302 g/mol. The molecule has 1 amide bonds. The van der Waals surface area contributed by atoms with Crippen LogP contribution in [0.2, 0.25) is 0 Å². The van der Waals surface area contributed by atoms with Gasteiger partial charge in [0.1, 0.15) is 0 Å². The normalized spacial score (nSPS) is 16.8. The summed E-state index contributed by atoms with van der Waals surface area (Å²) in [5.74, 6) is 1.48. The number of methoxy groups -OCH3 is 1. The topological polar surface area (TPSA) is 47.6 Å². The lowest BCUT2D eigenvalue weighted by molar-refractivity contribution is -0.118. The third-order valence-electron chi connectivity index (χ3n) is 4.50. The highest BCUT2D eigenvalue weighted by molar-refractivity contribution is 5.93. The Morgan fingerprint density at radius 1 is 1.33 bits per heavy atom. The van der Waals surface area contributed by atoms with Crippen molar-refractivity contribution in [1.29, 1.82) is 0 Å². The molecule has 0 bridgehead atoms. The van der Waals surface area contributed by atoms with Gasteiger partial charge in [0.15, 0.2) is 11.5 Å². The number of nitrogens with one attached hydrogen (secondary N) is 1. The van der Waals surface area contributed by atoms with Crippen LogP contribution in [0.5, 0.6) is 11.5 Å². The van der Waals surface area contributed by atoms with Gasteiger partial charge < -0.3 is 14.8 Å². The maximum absolute atomic E-state index is 12.1. The van der Waals surface area contributed by atoms with Crippen LogP contribution in [0.4, 0.5) is 0 Å². The molecule has 0 unspecified atom stereocenters. The van der Waals surface area contributed by atoms with E-state index in [4.69, 9.17) is 9.47 Å². The highest BCUT2D eigenvalue weighted by atomic mass is 16.5. The first-order valence-corrected chi connectivity index (χ1v) is 8.87. The smallest absolute Gasteiger partial charge is 0.247 e. The second-order valence-electron chi connectivity index (χ2n) is 6.43. The lowest BCUT2D eigenvalue weighted by Crippen LogP contribution is -2.27. The van der Waals surface area contributed by atoms with Crippen molar-refractivity contribution < 1.29 is 14.3 Å². The summed E-state index contributed by atoms with van der Waals surface area (Å²) in [4.78, 5) is 12.1. The molecule has 1 aliphatic rings. The van der Waals surface area contributed by atoms with Crippen molar-refractivity contribution in [2.75, 3.05) is 7.11 Å². The van der Waals surface area contributed by atoms with Crippen molar-refractivity contribution in [3.63, 3.8) is 0 Å². The Bertz CT molecular complexity index is 589. The zero-order valence-corrected chi connectivity index (χ0v) is 15.2. The molecule has 0 radical (unpaired) electrons. The van der Waals surface area contributed by atoms with E-state index in [2.05, 4.69) is 5.32 Å². The first-order chi connectivity index (χ1) is 11.5. The van der Waals surface area contributed by atoms with Crippen molar-refractivity contribution in [1.82, 2.24) is 5.32 Å². The van der Waals surface area contributed by atoms with Crippen molar-refractivity contribution in [2.45, 2.75) is 65.0 Å². The average molecular weight is 331 g/mol. The fraction of sp³-hybridized carbons (Fsp3) is 0.550. The van der Waals surface area contributed by atoms with Gasteiger partial charge in [0.2, 0.25) is 5.91 Å². The number of carbonyl (C=O) groups excluding carboxylic acids is 1. The third kappa shape index (κ3) is 4.76. The number of allylic oxidation sites excluding steroid dienone is 1. The van der Waals surface area contributed by atoms with Crippen LogP contribution in [0.25, 0.3) is 0 Å². The second-order valence-corrected chi connectivity index (χ2v) is 6.43. The minimum atomic E-state index is -0.0906. The highest BCUT2D eigenvalue weighted by Crippen LogP contribution is 2.33. The summed E-state index contributed by atoms with van der Waals surface area (Å²) < 4.78 is 11.6. The summed E-state index contributed by atoms with van der Waals surface area (Å²) in [5.41, 5.74) is 1.75. The molecule has 1 fully saturated rings. The third-order valence-corrected chi connectivity index (χ3v) is 4.50. The van der Waals surface area contributed by atoms with Gasteiger partial charge in [0, 0.05) is 5.57 Å². The molecule has 0 saturated heterocycles. The predicted molar refractivity (Wildman–Crippen MR) is 96.5 cm³/mol.